The molecule has 1 fully saturated rings. The summed E-state index contributed by atoms with van der Waals surface area (Å²) in [5.74, 6) is 1.85. The molecule has 1 saturated carbocycles. The molecule has 0 aliphatic heterocycles. The summed E-state index contributed by atoms with van der Waals surface area (Å²) in [4.78, 5) is 1.01. The second-order valence-electron chi connectivity index (χ2n) is 5.40. The zero-order chi connectivity index (χ0) is 14.6. The molecule has 4 nitrogen and oxygen atoms in total. The van der Waals surface area contributed by atoms with Crippen molar-refractivity contribution in [2.45, 2.75) is 24.7 Å². The molecule has 0 heterocycles. The van der Waals surface area contributed by atoms with Crippen LogP contribution in [0.1, 0.15) is 19.8 Å². The van der Waals surface area contributed by atoms with Crippen LogP contribution in [0, 0.1) is 11.8 Å². The van der Waals surface area contributed by atoms with Crippen LogP contribution < -0.4 is 10.5 Å². The summed E-state index contributed by atoms with van der Waals surface area (Å²) in [5, 5.41) is 0. The number of sulfonamides is 1. The van der Waals surface area contributed by atoms with Crippen molar-refractivity contribution in [2.75, 3.05) is 23.8 Å². The number of benzene rings is 1. The van der Waals surface area contributed by atoms with Gasteiger partial charge in [-0.15, -0.1) is 11.8 Å². The molecular formula is C14H22N2O2S2. The van der Waals surface area contributed by atoms with E-state index in [1.807, 2.05) is 24.3 Å². The van der Waals surface area contributed by atoms with E-state index >= 15 is 0 Å². The molecule has 0 spiro atoms. The molecule has 1 aromatic rings. The first-order chi connectivity index (χ1) is 9.46. The first kappa shape index (κ1) is 15.7. The molecule has 1 atom stereocenters. The Morgan fingerprint density at radius 3 is 2.85 bits per heavy atom. The molecule has 2 rings (SSSR count). The summed E-state index contributed by atoms with van der Waals surface area (Å²) >= 11 is 1.52. The highest BCUT2D eigenvalue weighted by Crippen LogP contribution is 2.36. The lowest BCUT2D eigenvalue weighted by Gasteiger charge is -2.11. The van der Waals surface area contributed by atoms with Gasteiger partial charge in [0, 0.05) is 22.9 Å². The van der Waals surface area contributed by atoms with Gasteiger partial charge in [0.25, 0.3) is 0 Å². The lowest BCUT2D eigenvalue weighted by molar-refractivity contribution is 0.492. The van der Waals surface area contributed by atoms with Gasteiger partial charge in [0.2, 0.25) is 10.0 Å². The largest absolute Gasteiger partial charge is 0.399 e. The Kier molecular flexibility index (Phi) is 5.35. The van der Waals surface area contributed by atoms with E-state index in [1.165, 1.54) is 24.6 Å². The Labute approximate surface area is 125 Å². The van der Waals surface area contributed by atoms with Crippen LogP contribution in [0.5, 0.6) is 0 Å². The molecule has 3 N–H and O–H groups in total. The number of hydrogen-bond donors (Lipinski definition) is 2. The number of nitrogen functional groups attached to an aromatic ring is 1. The van der Waals surface area contributed by atoms with Crippen molar-refractivity contribution >= 4 is 27.5 Å². The zero-order valence-electron chi connectivity index (χ0n) is 11.7. The first-order valence-electron chi connectivity index (χ1n) is 6.92. The number of hydrogen-bond acceptors (Lipinski definition) is 4. The highest BCUT2D eigenvalue weighted by atomic mass is 32.2. The summed E-state index contributed by atoms with van der Waals surface area (Å²) in [6.45, 7) is 2.68. The van der Waals surface area contributed by atoms with Crippen LogP contribution >= 0.6 is 11.8 Å². The molecule has 0 bridgehead atoms. The fraction of sp³-hybridized carbons (Fsp3) is 0.571. The maximum Gasteiger partial charge on any atom is 0.212 e. The standard InChI is InChI=1S/C14H22N2O2S2/c1-11(12-5-6-12)10-16-20(17,18)8-7-19-14-4-2-3-13(15)9-14/h2-4,9,11-12,16H,5-8,10,15H2,1H3. The van der Waals surface area contributed by atoms with E-state index in [0.717, 1.165) is 10.8 Å². The fourth-order valence-corrected chi connectivity index (χ4v) is 4.54. The van der Waals surface area contributed by atoms with Crippen LogP contribution in [0.15, 0.2) is 29.2 Å². The highest BCUT2D eigenvalue weighted by Gasteiger charge is 2.28. The maximum absolute atomic E-state index is 11.9. The lowest BCUT2D eigenvalue weighted by atomic mass is 10.1. The van der Waals surface area contributed by atoms with Crippen molar-refractivity contribution < 1.29 is 8.42 Å². The quantitative estimate of drug-likeness (QED) is 0.570. The summed E-state index contributed by atoms with van der Waals surface area (Å²) in [7, 11) is -3.16. The molecule has 0 radical (unpaired) electrons. The molecule has 20 heavy (non-hydrogen) atoms. The maximum atomic E-state index is 11.9. The van der Waals surface area contributed by atoms with Crippen LogP contribution in [-0.4, -0.2) is 26.5 Å². The molecule has 112 valence electrons. The van der Waals surface area contributed by atoms with E-state index in [1.54, 1.807) is 0 Å². The van der Waals surface area contributed by atoms with E-state index in [9.17, 15) is 8.42 Å². The van der Waals surface area contributed by atoms with E-state index in [0.29, 0.717) is 23.9 Å². The van der Waals surface area contributed by atoms with Gasteiger partial charge in [-0.1, -0.05) is 13.0 Å². The minimum absolute atomic E-state index is 0.143. The van der Waals surface area contributed by atoms with Gasteiger partial charge in [-0.2, -0.15) is 0 Å². The first-order valence-corrected chi connectivity index (χ1v) is 9.56. The average molecular weight is 314 g/mol. The normalized spacial score (nSPS) is 17.1. The summed E-state index contributed by atoms with van der Waals surface area (Å²) in [6.07, 6.45) is 2.49. The predicted octanol–water partition coefficient (Wildman–Crippen LogP) is 2.33. The van der Waals surface area contributed by atoms with E-state index < -0.39 is 10.0 Å². The third-order valence-corrected chi connectivity index (χ3v) is 6.13. The van der Waals surface area contributed by atoms with E-state index in [2.05, 4.69) is 11.6 Å². The molecule has 0 saturated heterocycles. The van der Waals surface area contributed by atoms with Gasteiger partial charge in [0.05, 0.1) is 5.75 Å². The van der Waals surface area contributed by atoms with Gasteiger partial charge in [-0.05, 0) is 42.9 Å². The average Bonchev–Trinajstić information content (AvgIpc) is 3.20. The number of nitrogens with two attached hydrogens (primary N) is 1. The fourth-order valence-electron chi connectivity index (χ4n) is 2.04. The topological polar surface area (TPSA) is 72.2 Å². The monoisotopic (exact) mass is 314 g/mol. The summed E-state index contributed by atoms with van der Waals surface area (Å²) in [5.41, 5.74) is 6.39. The third-order valence-electron chi connectivity index (χ3n) is 3.53. The minimum atomic E-state index is -3.16. The van der Waals surface area contributed by atoms with Crippen molar-refractivity contribution in [2.24, 2.45) is 11.8 Å². The van der Waals surface area contributed by atoms with Crippen molar-refractivity contribution in [1.29, 1.82) is 0 Å². The molecule has 0 aromatic heterocycles. The Balaban J connectivity index is 1.71. The SMILES string of the molecule is CC(CNS(=O)(=O)CCSc1cccc(N)c1)C1CC1. The van der Waals surface area contributed by atoms with Crippen LogP contribution in [0.25, 0.3) is 0 Å². The van der Waals surface area contributed by atoms with E-state index in [-0.39, 0.29) is 5.75 Å². The second-order valence-corrected chi connectivity index (χ2v) is 8.50. The van der Waals surface area contributed by atoms with Crippen LogP contribution in [0.2, 0.25) is 0 Å². The molecular weight excluding hydrogens is 292 g/mol. The van der Waals surface area contributed by atoms with Gasteiger partial charge in [-0.25, -0.2) is 13.1 Å². The van der Waals surface area contributed by atoms with Gasteiger partial charge in [0.1, 0.15) is 0 Å². The number of thioether (sulfide) groups is 1. The summed E-state index contributed by atoms with van der Waals surface area (Å²) in [6, 6.07) is 7.50. The van der Waals surface area contributed by atoms with Gasteiger partial charge < -0.3 is 5.73 Å². The minimum Gasteiger partial charge on any atom is -0.399 e. The Bertz CT molecular complexity index is 542. The molecule has 1 unspecified atom stereocenters. The molecule has 6 heteroatoms. The van der Waals surface area contributed by atoms with Gasteiger partial charge >= 0.3 is 0 Å². The van der Waals surface area contributed by atoms with Gasteiger partial charge in [0.15, 0.2) is 0 Å². The molecule has 1 aliphatic carbocycles. The highest BCUT2D eigenvalue weighted by molar-refractivity contribution is 8.00. The van der Waals surface area contributed by atoms with Crippen molar-refractivity contribution in [3.63, 3.8) is 0 Å². The van der Waals surface area contributed by atoms with Crippen LogP contribution in [0.3, 0.4) is 0 Å². The number of nitrogens with one attached hydrogen (secondary N) is 1. The molecule has 1 aromatic carbocycles. The third kappa shape index (κ3) is 5.34. The Hall–Kier alpha value is -0.720. The Morgan fingerprint density at radius 2 is 2.20 bits per heavy atom. The van der Waals surface area contributed by atoms with Crippen LogP contribution in [-0.2, 0) is 10.0 Å². The van der Waals surface area contributed by atoms with Crippen molar-refractivity contribution in [1.82, 2.24) is 4.72 Å². The Morgan fingerprint density at radius 1 is 1.45 bits per heavy atom. The predicted molar refractivity (Wildman–Crippen MR) is 85.3 cm³/mol. The van der Waals surface area contributed by atoms with Gasteiger partial charge in [-0.3, -0.25) is 0 Å². The lowest BCUT2D eigenvalue weighted by Crippen LogP contribution is -2.31. The molecule has 1 aliphatic rings. The molecule has 0 amide bonds. The van der Waals surface area contributed by atoms with Crippen LogP contribution in [0.4, 0.5) is 5.69 Å². The van der Waals surface area contributed by atoms with Crippen molar-refractivity contribution in [3.8, 4) is 0 Å². The van der Waals surface area contributed by atoms with Crippen molar-refractivity contribution in [3.05, 3.63) is 24.3 Å². The zero-order valence-corrected chi connectivity index (χ0v) is 13.3. The van der Waals surface area contributed by atoms with E-state index in [4.69, 9.17) is 5.73 Å². The number of anilines is 1. The smallest absolute Gasteiger partial charge is 0.212 e. The second kappa shape index (κ2) is 6.83. The number of rotatable bonds is 8. The summed E-state index contributed by atoms with van der Waals surface area (Å²) < 4.78 is 26.5.